The van der Waals surface area contributed by atoms with Gasteiger partial charge in [-0.05, 0) is 18.1 Å². The van der Waals surface area contributed by atoms with Crippen LogP contribution < -0.4 is 5.43 Å². The maximum atomic E-state index is 7.86. The van der Waals surface area contributed by atoms with E-state index in [0.29, 0.717) is 0 Å². The van der Waals surface area contributed by atoms with Crippen molar-refractivity contribution >= 4 is 0 Å². The number of nitrogens with zero attached hydrogens (tertiary/aromatic N) is 3. The molecule has 0 saturated carbocycles. The Bertz CT molecular complexity index is 106. The van der Waals surface area contributed by atoms with Gasteiger partial charge in [0.05, 0.1) is 6.54 Å². The zero-order chi connectivity index (χ0) is 7.66. The highest BCUT2D eigenvalue weighted by atomic mass is 15.4. The minimum absolute atomic E-state index is 0.796. The molecule has 0 unspecified atom stereocenters. The quantitative estimate of drug-likeness (QED) is 0.200. The number of nitrogens with one attached hydrogen (secondary N) is 1. The average Bonchev–Trinajstić information content (AvgIpc) is 1.97. The minimum atomic E-state index is 0.796. The summed E-state index contributed by atoms with van der Waals surface area (Å²) in [5.74, 6) is 0. The van der Waals surface area contributed by atoms with Crippen LogP contribution >= 0.6 is 0 Å². The fraction of sp³-hybridized carbons (Fsp3) is 1.00. The van der Waals surface area contributed by atoms with Gasteiger partial charge in [-0.3, -0.25) is 5.43 Å². The van der Waals surface area contributed by atoms with Gasteiger partial charge >= 0.3 is 0 Å². The van der Waals surface area contributed by atoms with Crippen LogP contribution in [-0.2, 0) is 0 Å². The van der Waals surface area contributed by atoms with Crippen LogP contribution in [0.3, 0.4) is 0 Å². The van der Waals surface area contributed by atoms with E-state index in [1.807, 2.05) is 0 Å². The Morgan fingerprint density at radius 3 is 2.80 bits per heavy atom. The van der Waals surface area contributed by atoms with Crippen LogP contribution in [0.25, 0.3) is 10.4 Å². The van der Waals surface area contributed by atoms with E-state index in [1.165, 1.54) is 19.3 Å². The molecule has 0 bridgehead atoms. The van der Waals surface area contributed by atoms with Gasteiger partial charge in [-0.25, -0.2) is 0 Å². The molecule has 0 aliphatic rings. The van der Waals surface area contributed by atoms with Gasteiger partial charge in [0.15, 0.2) is 0 Å². The first-order valence-electron chi connectivity index (χ1n) is 3.68. The predicted octanol–water partition coefficient (Wildman–Crippen LogP) is 2.38. The van der Waals surface area contributed by atoms with Gasteiger partial charge in [0.2, 0.25) is 0 Å². The molecular weight excluding hydrogens is 128 g/mol. The first-order chi connectivity index (χ1) is 4.91. The molecule has 0 aromatic heterocycles. The lowest BCUT2D eigenvalue weighted by Crippen LogP contribution is -2.04. The largest absolute Gasteiger partial charge is 0.261 e. The van der Waals surface area contributed by atoms with Crippen molar-refractivity contribution < 1.29 is 0 Å². The van der Waals surface area contributed by atoms with Crippen molar-refractivity contribution in [3.63, 3.8) is 0 Å². The predicted molar refractivity (Wildman–Crippen MR) is 41.3 cm³/mol. The zero-order valence-electron chi connectivity index (χ0n) is 6.38. The smallest absolute Gasteiger partial charge is 0.0859 e. The molecule has 0 rings (SSSR count). The van der Waals surface area contributed by atoms with Crippen molar-refractivity contribution in [3.8, 4) is 0 Å². The molecule has 58 valence electrons. The second-order valence-corrected chi connectivity index (χ2v) is 2.16. The standard InChI is InChI=1S/C6H14N4/c1-2-3-4-5-6-8-10-9-7/h8H,2-6H2,1H3. The maximum Gasteiger partial charge on any atom is 0.0859 e. The van der Waals surface area contributed by atoms with E-state index in [0.717, 1.165) is 13.0 Å². The van der Waals surface area contributed by atoms with Crippen LogP contribution in [0.1, 0.15) is 32.6 Å². The van der Waals surface area contributed by atoms with Crippen LogP contribution in [0.2, 0.25) is 0 Å². The highest BCUT2D eigenvalue weighted by Gasteiger charge is 1.86. The number of hydrogen-bond donors (Lipinski definition) is 1. The van der Waals surface area contributed by atoms with E-state index in [-0.39, 0.29) is 0 Å². The number of azide groups is 1. The van der Waals surface area contributed by atoms with Gasteiger partial charge < -0.3 is 0 Å². The Labute approximate surface area is 61.2 Å². The maximum absolute atomic E-state index is 7.86. The summed E-state index contributed by atoms with van der Waals surface area (Å²) in [6.07, 6.45) is 4.80. The first kappa shape index (κ1) is 9.11. The third-order valence-electron chi connectivity index (χ3n) is 1.26. The van der Waals surface area contributed by atoms with Crippen LogP contribution in [0.4, 0.5) is 0 Å². The molecule has 4 nitrogen and oxygen atoms in total. The lowest BCUT2D eigenvalue weighted by Gasteiger charge is -1.94. The second-order valence-electron chi connectivity index (χ2n) is 2.16. The summed E-state index contributed by atoms with van der Waals surface area (Å²) >= 11 is 0. The Kier molecular flexibility index (Phi) is 7.39. The molecule has 0 aromatic carbocycles. The molecule has 0 fully saturated rings. The van der Waals surface area contributed by atoms with Crippen molar-refractivity contribution in [2.24, 2.45) is 5.22 Å². The zero-order valence-corrected chi connectivity index (χ0v) is 6.38. The molecule has 0 radical (unpaired) electrons. The SMILES string of the molecule is CCCCCCNN=[N+]=[N-]. The number of unbranched alkanes of at least 4 members (excludes halogenated alkanes) is 3. The fourth-order valence-corrected chi connectivity index (χ4v) is 0.712. The highest BCUT2D eigenvalue weighted by molar-refractivity contribution is 4.44. The molecule has 1 N–H and O–H groups in total. The van der Waals surface area contributed by atoms with Crippen LogP contribution in [0.5, 0.6) is 0 Å². The topological polar surface area (TPSA) is 60.8 Å². The van der Waals surface area contributed by atoms with E-state index in [1.54, 1.807) is 0 Å². The van der Waals surface area contributed by atoms with E-state index >= 15 is 0 Å². The summed E-state index contributed by atoms with van der Waals surface area (Å²) < 4.78 is 0. The van der Waals surface area contributed by atoms with E-state index in [4.69, 9.17) is 5.53 Å². The van der Waals surface area contributed by atoms with E-state index < -0.39 is 0 Å². The lowest BCUT2D eigenvalue weighted by molar-refractivity contribution is 0.611. The lowest BCUT2D eigenvalue weighted by atomic mass is 10.2. The van der Waals surface area contributed by atoms with Gasteiger partial charge in [0.25, 0.3) is 0 Å². The van der Waals surface area contributed by atoms with Crippen molar-refractivity contribution in [2.45, 2.75) is 32.6 Å². The number of rotatable bonds is 6. The summed E-state index contributed by atoms with van der Waals surface area (Å²) in [4.78, 5) is 2.57. The summed E-state index contributed by atoms with van der Waals surface area (Å²) in [6.45, 7) is 2.96. The van der Waals surface area contributed by atoms with E-state index in [9.17, 15) is 0 Å². The van der Waals surface area contributed by atoms with Crippen molar-refractivity contribution in [2.75, 3.05) is 6.54 Å². The van der Waals surface area contributed by atoms with Crippen LogP contribution in [0.15, 0.2) is 5.22 Å². The monoisotopic (exact) mass is 142 g/mol. The minimum Gasteiger partial charge on any atom is -0.261 e. The van der Waals surface area contributed by atoms with Gasteiger partial charge in [-0.15, -0.1) is 5.53 Å². The first-order valence-corrected chi connectivity index (χ1v) is 3.68. The van der Waals surface area contributed by atoms with Gasteiger partial charge in [-0.2, -0.15) is 4.91 Å². The highest BCUT2D eigenvalue weighted by Crippen LogP contribution is 1.96. The van der Waals surface area contributed by atoms with Crippen LogP contribution in [-0.4, -0.2) is 6.54 Å². The molecule has 0 heterocycles. The van der Waals surface area contributed by atoms with Crippen molar-refractivity contribution in [1.82, 2.24) is 5.43 Å². The molecular formula is C6H14N4. The van der Waals surface area contributed by atoms with Gasteiger partial charge in [-0.1, -0.05) is 19.8 Å². The molecule has 10 heavy (non-hydrogen) atoms. The van der Waals surface area contributed by atoms with Gasteiger partial charge in [0.1, 0.15) is 0 Å². The Hall–Kier alpha value is -0.890. The summed E-state index contributed by atoms with van der Waals surface area (Å²) in [7, 11) is 0. The van der Waals surface area contributed by atoms with Crippen molar-refractivity contribution in [1.29, 1.82) is 0 Å². The van der Waals surface area contributed by atoms with Gasteiger partial charge in [0, 0.05) is 0 Å². The molecule has 0 saturated heterocycles. The van der Waals surface area contributed by atoms with Crippen molar-refractivity contribution in [3.05, 3.63) is 10.4 Å². The summed E-state index contributed by atoms with van der Waals surface area (Å²) in [6, 6.07) is 0. The van der Waals surface area contributed by atoms with E-state index in [2.05, 4.69) is 22.5 Å². The third kappa shape index (κ3) is 7.11. The molecule has 0 aliphatic carbocycles. The fourth-order valence-electron chi connectivity index (χ4n) is 0.712. The summed E-state index contributed by atoms with van der Waals surface area (Å²) in [5, 5.41) is 3.20. The molecule has 0 aliphatic heterocycles. The molecule has 0 atom stereocenters. The second kappa shape index (κ2) is 8.11. The average molecular weight is 142 g/mol. The molecule has 0 aromatic rings. The Morgan fingerprint density at radius 1 is 1.40 bits per heavy atom. The Balaban J connectivity index is 2.83. The third-order valence-corrected chi connectivity index (χ3v) is 1.26. The summed E-state index contributed by atoms with van der Waals surface area (Å²) in [5.41, 5.74) is 10.5. The van der Waals surface area contributed by atoms with Crippen LogP contribution in [0, 0.1) is 0 Å². The molecule has 0 amide bonds. The Morgan fingerprint density at radius 2 is 2.20 bits per heavy atom. The molecule has 0 spiro atoms. The number of hydrogen-bond acceptors (Lipinski definition) is 1. The molecule has 4 heteroatoms. The normalized spacial score (nSPS) is 8.50.